The number of halogens is 1. The van der Waals surface area contributed by atoms with Crippen LogP contribution in [0, 0.1) is 0 Å². The zero-order chi connectivity index (χ0) is 14.8. The summed E-state index contributed by atoms with van der Waals surface area (Å²) in [7, 11) is 1.78. The van der Waals surface area contributed by atoms with E-state index in [2.05, 4.69) is 41.4 Å². The fourth-order valence-electron chi connectivity index (χ4n) is 1.52. The highest BCUT2D eigenvalue weighted by Gasteiger charge is 2.03. The summed E-state index contributed by atoms with van der Waals surface area (Å²) in [6.07, 6.45) is 3.88. The summed E-state index contributed by atoms with van der Waals surface area (Å²) in [5, 5.41) is 6.59. The molecule has 1 heterocycles. The van der Waals surface area contributed by atoms with Crippen molar-refractivity contribution in [2.45, 2.75) is 46.2 Å². The van der Waals surface area contributed by atoms with Gasteiger partial charge in [0.25, 0.3) is 0 Å². The third kappa shape index (κ3) is 8.08. The number of ether oxygens (including phenoxy) is 1. The standard InChI is InChI=1S/C15H26N4O.HI/c1-5-9-20-14-8-7-13(10-17-14)11-18-15(16-4)19-12(3)6-2;/h7-8,10,12H,5-6,9,11H2,1-4H3,(H2,16,18,19);1H. The van der Waals surface area contributed by atoms with Gasteiger partial charge in [0.1, 0.15) is 0 Å². The van der Waals surface area contributed by atoms with Gasteiger partial charge in [-0.3, -0.25) is 4.99 Å². The molecule has 5 nitrogen and oxygen atoms in total. The molecule has 0 saturated heterocycles. The molecule has 0 aliphatic carbocycles. The lowest BCUT2D eigenvalue weighted by atomic mass is 10.2. The number of pyridine rings is 1. The Balaban J connectivity index is 0.00000400. The van der Waals surface area contributed by atoms with E-state index in [-0.39, 0.29) is 24.0 Å². The van der Waals surface area contributed by atoms with Crippen molar-refractivity contribution < 1.29 is 4.74 Å². The third-order valence-electron chi connectivity index (χ3n) is 2.93. The van der Waals surface area contributed by atoms with Gasteiger partial charge in [-0.15, -0.1) is 24.0 Å². The number of nitrogens with zero attached hydrogens (tertiary/aromatic N) is 2. The average molecular weight is 406 g/mol. The summed E-state index contributed by atoms with van der Waals surface area (Å²) in [6.45, 7) is 7.75. The Morgan fingerprint density at radius 1 is 1.38 bits per heavy atom. The van der Waals surface area contributed by atoms with Gasteiger partial charge in [0.2, 0.25) is 5.88 Å². The predicted molar refractivity (Wildman–Crippen MR) is 98.5 cm³/mol. The van der Waals surface area contributed by atoms with E-state index >= 15 is 0 Å². The van der Waals surface area contributed by atoms with Crippen LogP contribution in [0.4, 0.5) is 0 Å². The lowest BCUT2D eigenvalue weighted by Gasteiger charge is -2.16. The van der Waals surface area contributed by atoms with E-state index in [1.54, 1.807) is 7.05 Å². The van der Waals surface area contributed by atoms with Crippen LogP contribution >= 0.6 is 24.0 Å². The van der Waals surface area contributed by atoms with Gasteiger partial charge >= 0.3 is 0 Å². The van der Waals surface area contributed by atoms with Crippen molar-refractivity contribution >= 4 is 29.9 Å². The summed E-state index contributed by atoms with van der Waals surface area (Å²) in [4.78, 5) is 8.47. The van der Waals surface area contributed by atoms with Crippen LogP contribution in [0.25, 0.3) is 0 Å². The summed E-state index contributed by atoms with van der Waals surface area (Å²) in [5.74, 6) is 1.49. The second kappa shape index (κ2) is 11.6. The normalized spacial score (nSPS) is 12.3. The summed E-state index contributed by atoms with van der Waals surface area (Å²) in [5.41, 5.74) is 1.10. The van der Waals surface area contributed by atoms with Crippen molar-refractivity contribution in [3.8, 4) is 5.88 Å². The Labute approximate surface area is 145 Å². The van der Waals surface area contributed by atoms with Gasteiger partial charge < -0.3 is 15.4 Å². The van der Waals surface area contributed by atoms with Crippen LogP contribution < -0.4 is 15.4 Å². The molecule has 0 amide bonds. The molecule has 0 aliphatic heterocycles. The molecule has 0 bridgehead atoms. The number of aromatic nitrogens is 1. The van der Waals surface area contributed by atoms with E-state index in [1.807, 2.05) is 18.3 Å². The summed E-state index contributed by atoms with van der Waals surface area (Å²) in [6, 6.07) is 4.32. The molecule has 1 atom stereocenters. The molecular weight excluding hydrogens is 379 g/mol. The van der Waals surface area contributed by atoms with Gasteiger partial charge in [0.15, 0.2) is 5.96 Å². The van der Waals surface area contributed by atoms with Crippen molar-refractivity contribution in [2.24, 2.45) is 4.99 Å². The molecule has 2 N–H and O–H groups in total. The SMILES string of the molecule is CCCOc1ccc(CNC(=NC)NC(C)CC)cn1.I. The number of aliphatic imine (C=N–C) groups is 1. The first kappa shape index (κ1) is 19.9. The summed E-state index contributed by atoms with van der Waals surface area (Å²) < 4.78 is 5.46. The van der Waals surface area contributed by atoms with Crippen molar-refractivity contribution in [3.63, 3.8) is 0 Å². The Morgan fingerprint density at radius 3 is 2.67 bits per heavy atom. The lowest BCUT2D eigenvalue weighted by Crippen LogP contribution is -2.41. The van der Waals surface area contributed by atoms with Crippen LogP contribution in [-0.4, -0.2) is 30.6 Å². The molecule has 1 aromatic rings. The quantitative estimate of drug-likeness (QED) is 0.415. The van der Waals surface area contributed by atoms with Gasteiger partial charge in [-0.2, -0.15) is 0 Å². The molecule has 0 fully saturated rings. The van der Waals surface area contributed by atoms with Crippen LogP contribution in [0.2, 0.25) is 0 Å². The monoisotopic (exact) mass is 406 g/mol. The maximum absolute atomic E-state index is 5.46. The van der Waals surface area contributed by atoms with E-state index in [0.717, 1.165) is 24.4 Å². The fraction of sp³-hybridized carbons (Fsp3) is 0.600. The molecule has 0 aromatic carbocycles. The van der Waals surface area contributed by atoms with Crippen molar-refractivity contribution in [2.75, 3.05) is 13.7 Å². The molecule has 1 aromatic heterocycles. The van der Waals surface area contributed by atoms with Crippen molar-refractivity contribution in [1.82, 2.24) is 15.6 Å². The first-order valence-electron chi connectivity index (χ1n) is 7.24. The maximum atomic E-state index is 5.46. The molecule has 1 rings (SSSR count). The predicted octanol–water partition coefficient (Wildman–Crippen LogP) is 2.95. The van der Waals surface area contributed by atoms with Crippen molar-refractivity contribution in [3.05, 3.63) is 23.9 Å². The van der Waals surface area contributed by atoms with Gasteiger partial charge in [-0.1, -0.05) is 19.9 Å². The zero-order valence-corrected chi connectivity index (χ0v) is 15.7. The van der Waals surface area contributed by atoms with Gasteiger partial charge in [0.05, 0.1) is 6.61 Å². The summed E-state index contributed by atoms with van der Waals surface area (Å²) >= 11 is 0. The number of guanidine groups is 1. The smallest absolute Gasteiger partial charge is 0.213 e. The van der Waals surface area contributed by atoms with Gasteiger partial charge in [0, 0.05) is 31.9 Å². The Bertz CT molecular complexity index is 409. The Hall–Kier alpha value is -1.05. The molecule has 0 spiro atoms. The largest absolute Gasteiger partial charge is 0.478 e. The van der Waals surface area contributed by atoms with E-state index < -0.39 is 0 Å². The molecule has 21 heavy (non-hydrogen) atoms. The number of rotatable bonds is 7. The Kier molecular flexibility index (Phi) is 11.0. The first-order chi connectivity index (χ1) is 9.69. The van der Waals surface area contributed by atoms with Crippen LogP contribution in [0.15, 0.2) is 23.3 Å². The molecular formula is C15H27IN4O. The van der Waals surface area contributed by atoms with E-state index in [9.17, 15) is 0 Å². The highest BCUT2D eigenvalue weighted by atomic mass is 127. The second-order valence-corrected chi connectivity index (χ2v) is 4.73. The minimum Gasteiger partial charge on any atom is -0.478 e. The lowest BCUT2D eigenvalue weighted by molar-refractivity contribution is 0.305. The molecule has 0 radical (unpaired) electrons. The Morgan fingerprint density at radius 2 is 2.14 bits per heavy atom. The highest BCUT2D eigenvalue weighted by Crippen LogP contribution is 2.07. The molecule has 120 valence electrons. The zero-order valence-electron chi connectivity index (χ0n) is 13.3. The van der Waals surface area contributed by atoms with Gasteiger partial charge in [-0.25, -0.2) is 4.98 Å². The van der Waals surface area contributed by atoms with Crippen LogP contribution in [0.1, 0.15) is 39.2 Å². The van der Waals surface area contributed by atoms with Crippen LogP contribution in [0.5, 0.6) is 5.88 Å². The maximum Gasteiger partial charge on any atom is 0.213 e. The molecule has 1 unspecified atom stereocenters. The van der Waals surface area contributed by atoms with Crippen molar-refractivity contribution in [1.29, 1.82) is 0 Å². The van der Waals surface area contributed by atoms with E-state index in [4.69, 9.17) is 4.74 Å². The average Bonchev–Trinajstić information content (AvgIpc) is 2.50. The number of hydrogen-bond donors (Lipinski definition) is 2. The van der Waals surface area contributed by atoms with E-state index in [0.29, 0.717) is 25.1 Å². The number of nitrogens with one attached hydrogen (secondary N) is 2. The first-order valence-corrected chi connectivity index (χ1v) is 7.24. The minimum absolute atomic E-state index is 0. The minimum atomic E-state index is 0. The third-order valence-corrected chi connectivity index (χ3v) is 2.93. The molecule has 6 heteroatoms. The second-order valence-electron chi connectivity index (χ2n) is 4.73. The highest BCUT2D eigenvalue weighted by molar-refractivity contribution is 14.0. The molecule has 0 aliphatic rings. The van der Waals surface area contributed by atoms with Crippen LogP contribution in [-0.2, 0) is 6.54 Å². The van der Waals surface area contributed by atoms with E-state index in [1.165, 1.54) is 0 Å². The fourth-order valence-corrected chi connectivity index (χ4v) is 1.52. The number of hydrogen-bond acceptors (Lipinski definition) is 3. The van der Waals surface area contributed by atoms with Gasteiger partial charge in [-0.05, 0) is 25.3 Å². The molecule has 0 saturated carbocycles. The van der Waals surface area contributed by atoms with Crippen LogP contribution in [0.3, 0.4) is 0 Å². The topological polar surface area (TPSA) is 58.5 Å².